The van der Waals surface area contributed by atoms with Crippen LogP contribution in [-0.2, 0) is 0 Å². The average Bonchev–Trinajstić information content (AvgIpc) is 3.00. The van der Waals surface area contributed by atoms with Crippen LogP contribution in [0.15, 0.2) is 5.38 Å². The first-order valence-electron chi connectivity index (χ1n) is 6.32. The summed E-state index contributed by atoms with van der Waals surface area (Å²) in [5.41, 5.74) is 7.87. The molecule has 20 heavy (non-hydrogen) atoms. The first kappa shape index (κ1) is 15.6. The number of nitrogen functional groups attached to an aromatic ring is 1. The highest BCUT2D eigenvalue weighted by atomic mass is 32.2. The minimum Gasteiger partial charge on any atom is -0.396 e. The molecule has 0 radical (unpaired) electrons. The van der Waals surface area contributed by atoms with Gasteiger partial charge in [-0.05, 0) is 30.6 Å². The zero-order valence-corrected chi connectivity index (χ0v) is 13.7. The SMILES string of the molecule is Cc1csc(-c2c(N)nsc2NCCSCCCO)n1. The fraction of sp³-hybridized carbons (Fsp3) is 0.500. The zero-order chi connectivity index (χ0) is 14.4. The van der Waals surface area contributed by atoms with Crippen LogP contribution in [0.2, 0.25) is 0 Å². The zero-order valence-electron chi connectivity index (χ0n) is 11.3. The van der Waals surface area contributed by atoms with E-state index < -0.39 is 0 Å². The summed E-state index contributed by atoms with van der Waals surface area (Å²) < 4.78 is 4.21. The summed E-state index contributed by atoms with van der Waals surface area (Å²) in [6.07, 6.45) is 0.849. The second-order valence-corrected chi connectivity index (χ2v) is 7.04. The fourth-order valence-corrected chi connectivity index (χ4v) is 4.05. The maximum absolute atomic E-state index is 8.71. The van der Waals surface area contributed by atoms with Gasteiger partial charge in [-0.1, -0.05) is 0 Å². The van der Waals surface area contributed by atoms with Crippen molar-refractivity contribution >= 4 is 45.5 Å². The van der Waals surface area contributed by atoms with Crippen LogP contribution in [-0.4, -0.2) is 39.1 Å². The van der Waals surface area contributed by atoms with Crippen molar-refractivity contribution in [1.29, 1.82) is 0 Å². The molecule has 0 aromatic carbocycles. The second kappa shape index (κ2) is 7.82. The number of nitrogens with one attached hydrogen (secondary N) is 1. The maximum Gasteiger partial charge on any atom is 0.149 e. The van der Waals surface area contributed by atoms with Gasteiger partial charge in [-0.15, -0.1) is 11.3 Å². The number of aromatic nitrogens is 2. The van der Waals surface area contributed by atoms with Crippen molar-refractivity contribution in [2.24, 2.45) is 0 Å². The molecule has 0 aliphatic carbocycles. The topological polar surface area (TPSA) is 84.1 Å². The molecule has 0 saturated heterocycles. The van der Waals surface area contributed by atoms with Crippen LogP contribution < -0.4 is 11.1 Å². The van der Waals surface area contributed by atoms with Crippen molar-refractivity contribution in [3.05, 3.63) is 11.1 Å². The molecule has 4 N–H and O–H groups in total. The van der Waals surface area contributed by atoms with Gasteiger partial charge in [-0.3, -0.25) is 0 Å². The molecule has 2 aromatic heterocycles. The van der Waals surface area contributed by atoms with E-state index in [-0.39, 0.29) is 6.61 Å². The Hall–Kier alpha value is -0.830. The molecule has 0 unspecified atom stereocenters. The highest BCUT2D eigenvalue weighted by Crippen LogP contribution is 2.38. The van der Waals surface area contributed by atoms with E-state index in [0.29, 0.717) is 5.82 Å². The summed E-state index contributed by atoms with van der Waals surface area (Å²) in [4.78, 5) is 4.48. The minimum absolute atomic E-state index is 0.263. The summed E-state index contributed by atoms with van der Waals surface area (Å²) >= 11 is 4.80. The monoisotopic (exact) mass is 330 g/mol. The molecule has 2 heterocycles. The van der Waals surface area contributed by atoms with Crippen molar-refractivity contribution in [2.45, 2.75) is 13.3 Å². The van der Waals surface area contributed by atoms with E-state index in [0.717, 1.165) is 45.7 Å². The van der Waals surface area contributed by atoms with Crippen LogP contribution in [0.1, 0.15) is 12.1 Å². The van der Waals surface area contributed by atoms with Crippen molar-refractivity contribution < 1.29 is 5.11 Å². The normalized spacial score (nSPS) is 10.9. The number of hydrogen-bond acceptors (Lipinski definition) is 8. The molecule has 5 nitrogen and oxygen atoms in total. The third-order valence-electron chi connectivity index (χ3n) is 2.53. The Bertz CT molecular complexity index is 541. The van der Waals surface area contributed by atoms with Gasteiger partial charge >= 0.3 is 0 Å². The number of thiazole rings is 1. The average molecular weight is 331 g/mol. The van der Waals surface area contributed by atoms with Gasteiger partial charge < -0.3 is 16.2 Å². The third kappa shape index (κ3) is 4.08. The Labute approximate surface area is 130 Å². The molecule has 8 heteroatoms. The largest absolute Gasteiger partial charge is 0.396 e. The number of nitrogens with zero attached hydrogens (tertiary/aromatic N) is 2. The molecule has 2 aromatic rings. The van der Waals surface area contributed by atoms with Crippen molar-refractivity contribution in [2.75, 3.05) is 35.7 Å². The molecule has 0 aliphatic heterocycles. The Kier molecular flexibility index (Phi) is 6.08. The minimum atomic E-state index is 0.263. The Morgan fingerprint density at radius 3 is 3.00 bits per heavy atom. The first-order valence-corrected chi connectivity index (χ1v) is 9.13. The molecule has 2 rings (SSSR count). The van der Waals surface area contributed by atoms with Gasteiger partial charge in [0.05, 0.1) is 5.56 Å². The lowest BCUT2D eigenvalue weighted by Crippen LogP contribution is -2.04. The predicted octanol–water partition coefficient (Wildman–Crippen LogP) is 2.68. The molecule has 0 fully saturated rings. The lowest BCUT2D eigenvalue weighted by Gasteiger charge is -2.05. The molecule has 110 valence electrons. The molecule has 0 saturated carbocycles. The van der Waals surface area contributed by atoms with E-state index in [9.17, 15) is 0 Å². The summed E-state index contributed by atoms with van der Waals surface area (Å²) in [6.45, 7) is 3.09. The lowest BCUT2D eigenvalue weighted by atomic mass is 10.3. The van der Waals surface area contributed by atoms with Crippen LogP contribution in [0.5, 0.6) is 0 Å². The Morgan fingerprint density at radius 1 is 1.45 bits per heavy atom. The summed E-state index contributed by atoms with van der Waals surface area (Å²) in [6, 6.07) is 0. The van der Waals surface area contributed by atoms with Gasteiger partial charge in [0.2, 0.25) is 0 Å². The van der Waals surface area contributed by atoms with Crippen LogP contribution in [0, 0.1) is 6.92 Å². The molecular formula is C12H18N4OS3. The number of anilines is 2. The fourth-order valence-electron chi connectivity index (χ4n) is 1.60. The number of thioether (sulfide) groups is 1. The summed E-state index contributed by atoms with van der Waals surface area (Å²) in [5.74, 6) is 2.52. The highest BCUT2D eigenvalue weighted by Gasteiger charge is 2.16. The van der Waals surface area contributed by atoms with Gasteiger partial charge in [0.1, 0.15) is 15.8 Å². The van der Waals surface area contributed by atoms with Gasteiger partial charge in [0.15, 0.2) is 0 Å². The van der Waals surface area contributed by atoms with Crippen molar-refractivity contribution in [3.8, 4) is 10.6 Å². The number of aliphatic hydroxyl groups excluding tert-OH is 1. The number of nitrogens with two attached hydrogens (primary N) is 1. The predicted molar refractivity (Wildman–Crippen MR) is 89.9 cm³/mol. The third-order valence-corrected chi connectivity index (χ3v) is 5.40. The van der Waals surface area contributed by atoms with Crippen molar-refractivity contribution in [3.63, 3.8) is 0 Å². The smallest absolute Gasteiger partial charge is 0.149 e. The van der Waals surface area contributed by atoms with E-state index in [2.05, 4.69) is 14.7 Å². The molecule has 0 aliphatic rings. The van der Waals surface area contributed by atoms with Gasteiger partial charge in [-0.25, -0.2) is 4.98 Å². The second-order valence-electron chi connectivity index (χ2n) is 4.18. The van der Waals surface area contributed by atoms with Gasteiger partial charge in [-0.2, -0.15) is 16.1 Å². The van der Waals surface area contributed by atoms with E-state index in [1.807, 2.05) is 24.1 Å². The van der Waals surface area contributed by atoms with Gasteiger partial charge in [0, 0.05) is 30.0 Å². The molecule has 0 bridgehead atoms. The van der Waals surface area contributed by atoms with E-state index in [4.69, 9.17) is 10.8 Å². The standard InChI is InChI=1S/C12H18N4OS3/c1-8-7-19-12(15-8)9-10(13)16-20-11(9)14-3-6-18-5-2-4-17/h7,14,17H,2-6H2,1H3,(H2,13,16). The van der Waals surface area contributed by atoms with Crippen LogP contribution in [0.25, 0.3) is 10.6 Å². The summed E-state index contributed by atoms with van der Waals surface area (Å²) in [5, 5.41) is 16.0. The lowest BCUT2D eigenvalue weighted by molar-refractivity contribution is 0.296. The number of aliphatic hydroxyl groups is 1. The highest BCUT2D eigenvalue weighted by molar-refractivity contribution is 7.99. The van der Waals surface area contributed by atoms with E-state index in [1.54, 1.807) is 11.3 Å². The van der Waals surface area contributed by atoms with Crippen molar-refractivity contribution in [1.82, 2.24) is 9.36 Å². The Balaban J connectivity index is 1.92. The first-order chi connectivity index (χ1) is 9.72. The van der Waals surface area contributed by atoms with E-state index >= 15 is 0 Å². The number of rotatable bonds is 8. The number of aryl methyl sites for hydroxylation is 1. The van der Waals surface area contributed by atoms with Gasteiger partial charge in [0.25, 0.3) is 0 Å². The summed E-state index contributed by atoms with van der Waals surface area (Å²) in [7, 11) is 0. The van der Waals surface area contributed by atoms with Crippen LogP contribution in [0.3, 0.4) is 0 Å². The molecule has 0 atom stereocenters. The molecule has 0 amide bonds. The quantitative estimate of drug-likeness (QED) is 0.645. The maximum atomic E-state index is 8.71. The molecule has 0 spiro atoms. The van der Waals surface area contributed by atoms with Crippen LogP contribution in [0.4, 0.5) is 10.8 Å². The van der Waals surface area contributed by atoms with Crippen LogP contribution >= 0.6 is 34.6 Å². The molecular weight excluding hydrogens is 312 g/mol. The Morgan fingerprint density at radius 2 is 2.30 bits per heavy atom. The van der Waals surface area contributed by atoms with E-state index in [1.165, 1.54) is 11.5 Å². The number of hydrogen-bond donors (Lipinski definition) is 3.